The monoisotopic (exact) mass is 265 g/mol. The van der Waals surface area contributed by atoms with E-state index in [4.69, 9.17) is 16.3 Å². The summed E-state index contributed by atoms with van der Waals surface area (Å²) in [4.78, 5) is 11.9. The molecule has 1 aliphatic heterocycles. The van der Waals surface area contributed by atoms with E-state index >= 15 is 0 Å². The summed E-state index contributed by atoms with van der Waals surface area (Å²) < 4.78 is 5.53. The molecule has 1 N–H and O–H groups in total. The van der Waals surface area contributed by atoms with E-state index in [1.54, 1.807) is 12.1 Å². The molecule has 0 aliphatic carbocycles. The Kier molecular flexibility index (Phi) is 3.92. The van der Waals surface area contributed by atoms with Gasteiger partial charge in [-0.3, -0.25) is 4.79 Å². The SMILES string of the molecule is CC(C)CNC(=O)C1=Cc2cc(Cl)ccc2OC1. The zero-order valence-electron chi connectivity index (χ0n) is 10.5. The average molecular weight is 266 g/mol. The third kappa shape index (κ3) is 3.05. The summed E-state index contributed by atoms with van der Waals surface area (Å²) >= 11 is 5.92. The standard InChI is InChI=1S/C14H16ClNO2/c1-9(2)7-16-14(17)11-5-10-6-12(15)3-4-13(10)18-8-11/h3-6,9H,7-8H2,1-2H3,(H,16,17). The van der Waals surface area contributed by atoms with Crippen molar-refractivity contribution in [1.82, 2.24) is 5.32 Å². The summed E-state index contributed by atoms with van der Waals surface area (Å²) in [6, 6.07) is 5.39. The van der Waals surface area contributed by atoms with E-state index in [9.17, 15) is 4.79 Å². The van der Waals surface area contributed by atoms with Crippen LogP contribution >= 0.6 is 11.6 Å². The molecule has 3 nitrogen and oxygen atoms in total. The molecule has 0 unspecified atom stereocenters. The van der Waals surface area contributed by atoms with Gasteiger partial charge in [-0.2, -0.15) is 0 Å². The summed E-state index contributed by atoms with van der Waals surface area (Å²) in [5, 5.41) is 3.51. The van der Waals surface area contributed by atoms with Crippen molar-refractivity contribution in [3.05, 3.63) is 34.4 Å². The van der Waals surface area contributed by atoms with Gasteiger partial charge in [0.05, 0.1) is 5.57 Å². The maximum absolute atomic E-state index is 11.9. The highest BCUT2D eigenvalue weighted by Crippen LogP contribution is 2.28. The van der Waals surface area contributed by atoms with Gasteiger partial charge in [0.15, 0.2) is 0 Å². The van der Waals surface area contributed by atoms with Gasteiger partial charge < -0.3 is 10.1 Å². The lowest BCUT2D eigenvalue weighted by atomic mass is 10.1. The number of hydrogen-bond donors (Lipinski definition) is 1. The zero-order valence-corrected chi connectivity index (χ0v) is 11.3. The molecule has 96 valence electrons. The molecule has 0 saturated carbocycles. The molecule has 0 bridgehead atoms. The maximum Gasteiger partial charge on any atom is 0.250 e. The largest absolute Gasteiger partial charge is 0.488 e. The van der Waals surface area contributed by atoms with Crippen LogP contribution in [0.2, 0.25) is 5.02 Å². The van der Waals surface area contributed by atoms with Crippen molar-refractivity contribution < 1.29 is 9.53 Å². The second-order valence-corrected chi connectivity index (χ2v) is 5.18. The second-order valence-electron chi connectivity index (χ2n) is 4.74. The zero-order chi connectivity index (χ0) is 13.1. The highest BCUT2D eigenvalue weighted by atomic mass is 35.5. The molecule has 1 heterocycles. The summed E-state index contributed by atoms with van der Waals surface area (Å²) in [7, 11) is 0. The molecular formula is C14H16ClNO2. The fourth-order valence-electron chi connectivity index (χ4n) is 1.69. The Hall–Kier alpha value is -1.48. The lowest BCUT2D eigenvalue weighted by Crippen LogP contribution is -2.31. The van der Waals surface area contributed by atoms with E-state index in [1.165, 1.54) is 0 Å². The first-order chi connectivity index (χ1) is 8.56. The first kappa shape index (κ1) is 13.0. The van der Waals surface area contributed by atoms with Crippen LogP contribution in [0.5, 0.6) is 5.75 Å². The maximum atomic E-state index is 11.9. The van der Waals surface area contributed by atoms with Gasteiger partial charge in [-0.25, -0.2) is 0 Å². The minimum absolute atomic E-state index is 0.0747. The number of carbonyl (C=O) groups excluding carboxylic acids is 1. The van der Waals surface area contributed by atoms with Crippen molar-refractivity contribution in [3.63, 3.8) is 0 Å². The highest BCUT2D eigenvalue weighted by molar-refractivity contribution is 6.30. The van der Waals surface area contributed by atoms with Crippen LogP contribution in [0.15, 0.2) is 23.8 Å². The van der Waals surface area contributed by atoms with E-state index < -0.39 is 0 Å². The number of rotatable bonds is 3. The van der Waals surface area contributed by atoms with Gasteiger partial charge in [0.25, 0.3) is 5.91 Å². The molecule has 0 spiro atoms. The van der Waals surface area contributed by atoms with E-state index in [0.29, 0.717) is 29.7 Å². The first-order valence-electron chi connectivity index (χ1n) is 5.97. The molecule has 0 radical (unpaired) electrons. The molecule has 0 fully saturated rings. The number of amides is 1. The number of fused-ring (bicyclic) bond motifs is 1. The first-order valence-corrected chi connectivity index (χ1v) is 6.35. The number of ether oxygens (including phenoxy) is 1. The number of hydrogen-bond acceptors (Lipinski definition) is 2. The number of benzene rings is 1. The van der Waals surface area contributed by atoms with E-state index in [2.05, 4.69) is 19.2 Å². The van der Waals surface area contributed by atoms with Gasteiger partial charge in [0.2, 0.25) is 0 Å². The van der Waals surface area contributed by atoms with Gasteiger partial charge in [0, 0.05) is 17.1 Å². The molecule has 18 heavy (non-hydrogen) atoms. The van der Waals surface area contributed by atoms with Gasteiger partial charge in [0.1, 0.15) is 12.4 Å². The molecular weight excluding hydrogens is 250 g/mol. The van der Waals surface area contributed by atoms with Gasteiger partial charge >= 0.3 is 0 Å². The van der Waals surface area contributed by atoms with Crippen molar-refractivity contribution in [2.75, 3.05) is 13.2 Å². The van der Waals surface area contributed by atoms with E-state index in [1.807, 2.05) is 12.1 Å². The third-order valence-corrected chi connectivity index (χ3v) is 2.88. The number of carbonyl (C=O) groups is 1. The highest BCUT2D eigenvalue weighted by Gasteiger charge is 2.17. The molecule has 4 heteroatoms. The van der Waals surface area contributed by atoms with Gasteiger partial charge in [-0.05, 0) is 30.2 Å². The minimum atomic E-state index is -0.0747. The molecule has 1 aromatic carbocycles. The average Bonchev–Trinajstić information content (AvgIpc) is 2.34. The minimum Gasteiger partial charge on any atom is -0.488 e. The van der Waals surface area contributed by atoms with Crippen LogP contribution in [0, 0.1) is 5.92 Å². The smallest absolute Gasteiger partial charge is 0.250 e. The Labute approximate surface area is 112 Å². The molecule has 1 aromatic rings. The van der Waals surface area contributed by atoms with Crippen molar-refractivity contribution in [3.8, 4) is 5.75 Å². The Balaban J connectivity index is 2.14. The van der Waals surface area contributed by atoms with E-state index in [0.717, 1.165) is 11.3 Å². The predicted octanol–water partition coefficient (Wildman–Crippen LogP) is 2.89. The Morgan fingerprint density at radius 3 is 3.00 bits per heavy atom. The van der Waals surface area contributed by atoms with Crippen molar-refractivity contribution in [2.24, 2.45) is 5.92 Å². The lowest BCUT2D eigenvalue weighted by Gasteiger charge is -2.18. The Bertz CT molecular complexity index is 495. The van der Waals surface area contributed by atoms with Gasteiger partial charge in [-0.15, -0.1) is 0 Å². The Morgan fingerprint density at radius 2 is 2.28 bits per heavy atom. The summed E-state index contributed by atoms with van der Waals surface area (Å²) in [5.41, 5.74) is 1.48. The summed E-state index contributed by atoms with van der Waals surface area (Å²) in [6.07, 6.45) is 1.83. The molecule has 0 saturated heterocycles. The third-order valence-electron chi connectivity index (χ3n) is 2.65. The molecule has 1 amide bonds. The van der Waals surface area contributed by atoms with Gasteiger partial charge in [-0.1, -0.05) is 25.4 Å². The van der Waals surface area contributed by atoms with Crippen LogP contribution in [0.4, 0.5) is 0 Å². The number of nitrogens with one attached hydrogen (secondary N) is 1. The molecule has 0 atom stereocenters. The Morgan fingerprint density at radius 1 is 1.50 bits per heavy atom. The van der Waals surface area contributed by atoms with Crippen LogP contribution in [-0.4, -0.2) is 19.1 Å². The van der Waals surface area contributed by atoms with Crippen LogP contribution in [0.1, 0.15) is 19.4 Å². The fourth-order valence-corrected chi connectivity index (χ4v) is 1.87. The number of halogens is 1. The quantitative estimate of drug-likeness (QED) is 0.913. The van der Waals surface area contributed by atoms with E-state index in [-0.39, 0.29) is 5.91 Å². The molecule has 0 aromatic heterocycles. The lowest BCUT2D eigenvalue weighted by molar-refractivity contribution is -0.117. The summed E-state index contributed by atoms with van der Waals surface area (Å²) in [6.45, 7) is 5.08. The topological polar surface area (TPSA) is 38.3 Å². The van der Waals surface area contributed by atoms with Crippen molar-refractivity contribution in [1.29, 1.82) is 0 Å². The normalized spacial score (nSPS) is 13.7. The molecule has 1 aliphatic rings. The van der Waals surface area contributed by atoms with Crippen molar-refractivity contribution >= 4 is 23.6 Å². The second kappa shape index (κ2) is 5.44. The predicted molar refractivity (Wildman–Crippen MR) is 72.8 cm³/mol. The van der Waals surface area contributed by atoms with Crippen LogP contribution in [0.3, 0.4) is 0 Å². The van der Waals surface area contributed by atoms with Crippen LogP contribution in [0.25, 0.3) is 6.08 Å². The van der Waals surface area contributed by atoms with Crippen molar-refractivity contribution in [2.45, 2.75) is 13.8 Å². The molecule has 2 rings (SSSR count). The summed E-state index contributed by atoms with van der Waals surface area (Å²) in [5.74, 6) is 1.12. The fraction of sp³-hybridized carbons (Fsp3) is 0.357. The van der Waals surface area contributed by atoms with Crippen LogP contribution < -0.4 is 10.1 Å². The van der Waals surface area contributed by atoms with Crippen LogP contribution in [-0.2, 0) is 4.79 Å².